The van der Waals surface area contributed by atoms with Crippen molar-refractivity contribution in [3.63, 3.8) is 0 Å². The van der Waals surface area contributed by atoms with Crippen molar-refractivity contribution in [1.82, 2.24) is 14.9 Å². The lowest BCUT2D eigenvalue weighted by Crippen LogP contribution is -2.19. The molecule has 0 amide bonds. The van der Waals surface area contributed by atoms with Gasteiger partial charge in [0.05, 0.1) is 5.71 Å². The van der Waals surface area contributed by atoms with E-state index in [4.69, 9.17) is 5.10 Å². The van der Waals surface area contributed by atoms with Crippen molar-refractivity contribution >= 4 is 17.5 Å². The summed E-state index contributed by atoms with van der Waals surface area (Å²) in [6, 6.07) is 10.0. The van der Waals surface area contributed by atoms with Crippen molar-refractivity contribution < 1.29 is 0 Å². The maximum absolute atomic E-state index is 4.71. The van der Waals surface area contributed by atoms with E-state index in [2.05, 4.69) is 23.0 Å². The SMILES string of the molecule is [CH]1[CH][CH][C](C2=Nn3c(nnc3-c3ccccc3)SC2)[CH]1. The van der Waals surface area contributed by atoms with Gasteiger partial charge in [-0.3, -0.25) is 0 Å². The molecule has 0 N–H and O–H groups in total. The second kappa shape index (κ2) is 5.05. The van der Waals surface area contributed by atoms with Crippen molar-refractivity contribution in [2.24, 2.45) is 5.10 Å². The molecule has 1 saturated carbocycles. The van der Waals surface area contributed by atoms with Crippen molar-refractivity contribution in [3.8, 4) is 11.4 Å². The van der Waals surface area contributed by atoms with E-state index in [1.54, 1.807) is 11.8 Å². The number of rotatable bonds is 2. The molecule has 0 saturated heterocycles. The number of benzene rings is 1. The molecule has 2 aliphatic rings. The summed E-state index contributed by atoms with van der Waals surface area (Å²) in [7, 11) is 0. The van der Waals surface area contributed by atoms with Crippen molar-refractivity contribution in [1.29, 1.82) is 0 Å². The lowest BCUT2D eigenvalue weighted by Gasteiger charge is -2.17. The van der Waals surface area contributed by atoms with E-state index in [0.717, 1.165) is 33.9 Å². The molecule has 4 rings (SSSR count). The average molecular weight is 279 g/mol. The summed E-state index contributed by atoms with van der Waals surface area (Å²) in [5.74, 6) is 2.78. The lowest BCUT2D eigenvalue weighted by molar-refractivity contribution is 0.760. The fourth-order valence-corrected chi connectivity index (χ4v) is 3.04. The molecule has 0 bridgehead atoms. The molecule has 1 aliphatic heterocycles. The Kier molecular flexibility index (Phi) is 3.07. The van der Waals surface area contributed by atoms with Crippen molar-refractivity contribution in [2.45, 2.75) is 5.16 Å². The zero-order chi connectivity index (χ0) is 13.4. The predicted octanol–water partition coefficient (Wildman–Crippen LogP) is 2.66. The molecule has 20 heavy (non-hydrogen) atoms. The average Bonchev–Trinajstić information content (AvgIpc) is 3.17. The third-order valence-corrected chi connectivity index (χ3v) is 4.13. The highest BCUT2D eigenvalue weighted by Crippen LogP contribution is 2.32. The van der Waals surface area contributed by atoms with Crippen molar-refractivity contribution in [2.75, 3.05) is 5.75 Å². The van der Waals surface area contributed by atoms with E-state index in [9.17, 15) is 0 Å². The molecule has 0 atom stereocenters. The second-order valence-electron chi connectivity index (χ2n) is 4.49. The van der Waals surface area contributed by atoms with Gasteiger partial charge in [0.15, 0.2) is 5.82 Å². The first-order valence-electron chi connectivity index (χ1n) is 6.35. The van der Waals surface area contributed by atoms with Crippen LogP contribution in [0.25, 0.3) is 11.4 Å². The summed E-state index contributed by atoms with van der Waals surface area (Å²) in [5.41, 5.74) is 2.09. The van der Waals surface area contributed by atoms with Crippen LogP contribution >= 0.6 is 11.8 Å². The first kappa shape index (κ1) is 12.1. The topological polar surface area (TPSA) is 43.1 Å². The number of hydrogen-bond acceptors (Lipinski definition) is 4. The summed E-state index contributed by atoms with van der Waals surface area (Å²) in [4.78, 5) is 0. The van der Waals surface area contributed by atoms with Crippen LogP contribution in [-0.2, 0) is 0 Å². The molecule has 5 radical (unpaired) electrons. The van der Waals surface area contributed by atoms with Gasteiger partial charge in [0, 0.05) is 17.2 Å². The number of aromatic nitrogens is 3. The Morgan fingerprint density at radius 3 is 2.60 bits per heavy atom. The van der Waals surface area contributed by atoms with Gasteiger partial charge in [0.2, 0.25) is 5.16 Å². The second-order valence-corrected chi connectivity index (χ2v) is 5.44. The van der Waals surface area contributed by atoms with Crippen LogP contribution in [0.4, 0.5) is 0 Å². The van der Waals surface area contributed by atoms with Gasteiger partial charge in [-0.15, -0.1) is 10.2 Å². The molecule has 2 heterocycles. The van der Waals surface area contributed by atoms with E-state index in [-0.39, 0.29) is 0 Å². The van der Waals surface area contributed by atoms with Gasteiger partial charge < -0.3 is 0 Å². The maximum Gasteiger partial charge on any atom is 0.212 e. The molecule has 5 heteroatoms. The van der Waals surface area contributed by atoms with Gasteiger partial charge >= 0.3 is 0 Å². The Bertz CT molecular complexity index is 641. The van der Waals surface area contributed by atoms with Crippen LogP contribution in [0.2, 0.25) is 0 Å². The van der Waals surface area contributed by atoms with Gasteiger partial charge in [0.25, 0.3) is 0 Å². The molecule has 2 aromatic rings. The molecule has 1 aromatic carbocycles. The maximum atomic E-state index is 4.71. The van der Waals surface area contributed by atoms with Crippen LogP contribution < -0.4 is 0 Å². The van der Waals surface area contributed by atoms with E-state index >= 15 is 0 Å². The highest BCUT2D eigenvalue weighted by Gasteiger charge is 2.27. The smallest absolute Gasteiger partial charge is 0.187 e. The van der Waals surface area contributed by atoms with E-state index in [1.807, 2.05) is 47.8 Å². The van der Waals surface area contributed by atoms with Gasteiger partial charge in [-0.1, -0.05) is 42.1 Å². The monoisotopic (exact) mass is 279 g/mol. The first-order chi connectivity index (χ1) is 9.92. The fraction of sp³-hybridized carbons (Fsp3) is 0.0667. The minimum atomic E-state index is 0.789. The van der Waals surface area contributed by atoms with Gasteiger partial charge in [-0.05, 0) is 25.7 Å². The summed E-state index contributed by atoms with van der Waals surface area (Å²) >= 11 is 1.67. The van der Waals surface area contributed by atoms with Crippen LogP contribution in [0, 0.1) is 31.6 Å². The Balaban J connectivity index is 1.74. The largest absolute Gasteiger partial charge is 0.212 e. The Morgan fingerprint density at radius 2 is 1.80 bits per heavy atom. The zero-order valence-corrected chi connectivity index (χ0v) is 11.4. The van der Waals surface area contributed by atoms with E-state index in [0.29, 0.717) is 0 Å². The third kappa shape index (κ3) is 2.06. The predicted molar refractivity (Wildman–Crippen MR) is 79.5 cm³/mol. The number of nitrogens with zero attached hydrogens (tertiary/aromatic N) is 4. The normalized spacial score (nSPS) is 18.9. The lowest BCUT2D eigenvalue weighted by atomic mass is 10.0. The molecular weight excluding hydrogens is 268 g/mol. The molecule has 1 aliphatic carbocycles. The first-order valence-corrected chi connectivity index (χ1v) is 7.34. The molecule has 1 fully saturated rings. The van der Waals surface area contributed by atoms with E-state index in [1.165, 1.54) is 0 Å². The van der Waals surface area contributed by atoms with Crippen LogP contribution in [0.5, 0.6) is 0 Å². The number of fused-ring (bicyclic) bond motifs is 1. The molecule has 1 aromatic heterocycles. The third-order valence-electron chi connectivity index (χ3n) is 3.20. The van der Waals surface area contributed by atoms with Crippen LogP contribution in [-0.4, -0.2) is 26.3 Å². The molecule has 4 nitrogen and oxygen atoms in total. The molecular formula is C15H11N4S. The van der Waals surface area contributed by atoms with Crippen molar-refractivity contribution in [3.05, 3.63) is 61.9 Å². The van der Waals surface area contributed by atoms with Crippen LogP contribution in [0.15, 0.2) is 40.6 Å². The van der Waals surface area contributed by atoms with Gasteiger partial charge in [-0.25, -0.2) is 0 Å². The Morgan fingerprint density at radius 1 is 1.00 bits per heavy atom. The minimum Gasteiger partial charge on any atom is -0.187 e. The highest BCUT2D eigenvalue weighted by molar-refractivity contribution is 7.99. The summed E-state index contributed by atoms with van der Waals surface area (Å²) in [5, 5.41) is 14.0. The standard InChI is InChI=1S/C15H11N4S/c1-2-8-12(9-3-1)14-16-17-15-19(14)18-13(10-20-15)11-6-4-5-7-11/h1-9H,10H2. The zero-order valence-electron chi connectivity index (χ0n) is 10.6. The molecule has 0 unspecified atom stereocenters. The van der Waals surface area contributed by atoms with Crippen LogP contribution in [0.1, 0.15) is 0 Å². The quantitative estimate of drug-likeness (QED) is 0.849. The van der Waals surface area contributed by atoms with Gasteiger partial charge in [-0.2, -0.15) is 9.78 Å². The molecule has 0 spiro atoms. The van der Waals surface area contributed by atoms with Crippen LogP contribution in [0.3, 0.4) is 0 Å². The molecule has 97 valence electrons. The Labute approximate surface area is 122 Å². The van der Waals surface area contributed by atoms with E-state index < -0.39 is 0 Å². The Hall–Kier alpha value is -1.62. The number of thioether (sulfide) groups is 1. The summed E-state index contributed by atoms with van der Waals surface area (Å²) in [6.45, 7) is 0. The number of hydrogen-bond donors (Lipinski definition) is 0. The summed E-state index contributed by atoms with van der Waals surface area (Å²) < 4.78 is 1.84. The van der Waals surface area contributed by atoms with Gasteiger partial charge in [0.1, 0.15) is 0 Å². The summed E-state index contributed by atoms with van der Waals surface area (Å²) in [6.07, 6.45) is 8.22. The minimum absolute atomic E-state index is 0.789. The fourth-order valence-electron chi connectivity index (χ4n) is 2.20. The highest BCUT2D eigenvalue weighted by atomic mass is 32.2.